The predicted octanol–water partition coefficient (Wildman–Crippen LogP) is 8.68. The van der Waals surface area contributed by atoms with Gasteiger partial charge in [0.2, 0.25) is 0 Å². The Morgan fingerprint density at radius 1 is 0.950 bits per heavy atom. The minimum atomic E-state index is -0.503. The molecule has 4 aromatic rings. The molecule has 1 unspecified atom stereocenters. The van der Waals surface area contributed by atoms with Gasteiger partial charge in [-0.2, -0.15) is 0 Å². The van der Waals surface area contributed by atoms with E-state index in [9.17, 15) is 9.59 Å². The number of carbonyl (C=O) groups excluding carboxylic acids is 1. The number of hydrogen-bond acceptors (Lipinski definition) is 3. The summed E-state index contributed by atoms with van der Waals surface area (Å²) in [6.07, 6.45) is 1.73. The van der Waals surface area contributed by atoms with E-state index in [1.807, 2.05) is 37.3 Å². The van der Waals surface area contributed by atoms with Gasteiger partial charge in [-0.05, 0) is 66.6 Å². The summed E-state index contributed by atoms with van der Waals surface area (Å²) in [4.78, 5) is 34.7. The van der Waals surface area contributed by atoms with E-state index in [0.29, 0.717) is 34.0 Å². The van der Waals surface area contributed by atoms with Crippen molar-refractivity contribution in [2.75, 3.05) is 11.9 Å². The third-order valence-corrected chi connectivity index (χ3v) is 7.56. The maximum Gasteiger partial charge on any atom is 0.322 e. The number of fused-ring (bicyclic) bond motifs is 1. The van der Waals surface area contributed by atoms with E-state index >= 15 is 0 Å². The van der Waals surface area contributed by atoms with Crippen LogP contribution in [0.1, 0.15) is 89.2 Å². The van der Waals surface area contributed by atoms with E-state index in [2.05, 4.69) is 58.1 Å². The van der Waals surface area contributed by atoms with Crippen molar-refractivity contribution in [1.29, 1.82) is 0 Å². The van der Waals surface area contributed by atoms with Crippen LogP contribution in [0.3, 0.4) is 0 Å². The monoisotopic (exact) mass is 558 g/mol. The van der Waals surface area contributed by atoms with E-state index in [1.165, 1.54) is 0 Å². The summed E-state index contributed by atoms with van der Waals surface area (Å²) < 4.78 is 1.59. The van der Waals surface area contributed by atoms with Crippen LogP contribution in [-0.4, -0.2) is 27.0 Å². The van der Waals surface area contributed by atoms with Gasteiger partial charge in [-0.25, -0.2) is 9.78 Å². The predicted molar refractivity (Wildman–Crippen MR) is 166 cm³/mol. The van der Waals surface area contributed by atoms with Crippen LogP contribution >= 0.6 is 11.6 Å². The highest BCUT2D eigenvalue weighted by atomic mass is 35.5. The average molecular weight is 559 g/mol. The molecule has 2 amide bonds. The molecule has 0 aliphatic heterocycles. The molecule has 0 fully saturated rings. The van der Waals surface area contributed by atoms with Gasteiger partial charge in [0, 0.05) is 17.3 Å². The molecule has 40 heavy (non-hydrogen) atoms. The molecule has 3 aromatic carbocycles. The fraction of sp³-hybridized carbons (Fsp3) is 0.364. The molecule has 4 rings (SSSR count). The van der Waals surface area contributed by atoms with Crippen molar-refractivity contribution < 1.29 is 4.79 Å². The average Bonchev–Trinajstić information content (AvgIpc) is 2.92. The lowest BCUT2D eigenvalue weighted by Gasteiger charge is -2.32. The number of urea groups is 1. The van der Waals surface area contributed by atoms with Crippen LogP contribution < -0.4 is 10.9 Å². The maximum atomic E-state index is 14.1. The zero-order chi connectivity index (χ0) is 29.0. The first-order chi connectivity index (χ1) is 19.1. The molecule has 0 spiro atoms. The number of nitrogens with zero attached hydrogens (tertiary/aromatic N) is 3. The van der Waals surface area contributed by atoms with Crippen molar-refractivity contribution >= 4 is 34.2 Å². The first-order valence-electron chi connectivity index (χ1n) is 14.1. The van der Waals surface area contributed by atoms with Crippen molar-refractivity contribution in [3.05, 3.63) is 99.1 Å². The Morgan fingerprint density at radius 2 is 1.60 bits per heavy atom. The van der Waals surface area contributed by atoms with Crippen molar-refractivity contribution in [3.8, 4) is 5.69 Å². The molecule has 210 valence electrons. The van der Waals surface area contributed by atoms with E-state index in [4.69, 9.17) is 16.6 Å². The number of rotatable bonds is 9. The highest BCUT2D eigenvalue weighted by Crippen LogP contribution is 2.33. The highest BCUT2D eigenvalue weighted by molar-refractivity contribution is 6.30. The molecule has 7 heteroatoms. The van der Waals surface area contributed by atoms with Crippen molar-refractivity contribution in [2.24, 2.45) is 0 Å². The first kappa shape index (κ1) is 29.3. The number of amides is 2. The van der Waals surface area contributed by atoms with Crippen LogP contribution in [0, 0.1) is 0 Å². The maximum absolute atomic E-state index is 14.1. The highest BCUT2D eigenvalue weighted by Gasteiger charge is 2.28. The van der Waals surface area contributed by atoms with Gasteiger partial charge >= 0.3 is 6.03 Å². The number of para-hydroxylation sites is 2. The number of benzene rings is 3. The summed E-state index contributed by atoms with van der Waals surface area (Å²) in [5, 5.41) is 4.30. The van der Waals surface area contributed by atoms with Gasteiger partial charge in [-0.1, -0.05) is 89.0 Å². The second-order valence-corrected chi connectivity index (χ2v) is 11.3. The van der Waals surface area contributed by atoms with Crippen molar-refractivity contribution in [3.63, 3.8) is 0 Å². The van der Waals surface area contributed by atoms with Crippen LogP contribution in [0.15, 0.2) is 71.5 Å². The number of aromatic nitrogens is 2. The third kappa shape index (κ3) is 6.07. The van der Waals surface area contributed by atoms with Gasteiger partial charge < -0.3 is 10.2 Å². The summed E-state index contributed by atoms with van der Waals surface area (Å²) in [7, 11) is 0. The lowest BCUT2D eigenvalue weighted by Crippen LogP contribution is -2.40. The standard InChI is InChI=1S/C33H39ClN4O2/c1-7-8-19-37(33(40)36-30-26(21(2)3)16-12-17-27(30)22(4)5)23(6)31-35-29-18-10-9-15-28(29)32(39)38(31)25-14-11-13-24(34)20-25/h9-18,20-23H,7-8,19H2,1-6H3,(H,36,40). The fourth-order valence-corrected chi connectivity index (χ4v) is 5.29. The first-order valence-corrected chi connectivity index (χ1v) is 14.5. The summed E-state index contributed by atoms with van der Waals surface area (Å²) >= 11 is 6.34. The molecule has 0 radical (unpaired) electrons. The zero-order valence-electron chi connectivity index (χ0n) is 24.2. The third-order valence-electron chi connectivity index (χ3n) is 7.33. The minimum absolute atomic E-state index is 0.196. The number of halogens is 1. The van der Waals surface area contributed by atoms with E-state index in [1.54, 1.807) is 27.7 Å². The number of hydrogen-bond donors (Lipinski definition) is 1. The molecule has 0 aliphatic rings. The van der Waals surface area contributed by atoms with Crippen LogP contribution in [-0.2, 0) is 0 Å². The van der Waals surface area contributed by atoms with Gasteiger partial charge in [0.05, 0.1) is 22.6 Å². The molecule has 0 bridgehead atoms. The molecule has 1 atom stereocenters. The number of nitrogens with one attached hydrogen (secondary N) is 1. The molecule has 6 nitrogen and oxygen atoms in total. The molecule has 0 aliphatic carbocycles. The van der Waals surface area contributed by atoms with E-state index in [-0.39, 0.29) is 23.4 Å². The molecule has 1 heterocycles. The van der Waals surface area contributed by atoms with Crippen LogP contribution in [0.4, 0.5) is 10.5 Å². The molecular formula is C33H39ClN4O2. The Morgan fingerprint density at radius 3 is 2.23 bits per heavy atom. The Balaban J connectivity index is 1.85. The summed E-state index contributed by atoms with van der Waals surface area (Å²) in [6, 6.07) is 20.0. The minimum Gasteiger partial charge on any atom is -0.315 e. The van der Waals surface area contributed by atoms with Crippen LogP contribution in [0.25, 0.3) is 16.6 Å². The van der Waals surface area contributed by atoms with Gasteiger partial charge in [-0.15, -0.1) is 0 Å². The topological polar surface area (TPSA) is 67.2 Å². The van der Waals surface area contributed by atoms with E-state index in [0.717, 1.165) is 29.7 Å². The fourth-order valence-electron chi connectivity index (χ4n) is 5.11. The second kappa shape index (κ2) is 12.7. The SMILES string of the molecule is CCCCN(C(=O)Nc1c(C(C)C)cccc1C(C)C)C(C)c1nc2ccccc2c(=O)n1-c1cccc(Cl)c1. The lowest BCUT2D eigenvalue weighted by atomic mass is 9.92. The number of unbranched alkanes of at least 4 members (excludes halogenated alkanes) is 1. The van der Waals surface area contributed by atoms with Crippen molar-refractivity contribution in [2.45, 2.75) is 72.3 Å². The summed E-state index contributed by atoms with van der Waals surface area (Å²) in [5.74, 6) is 0.967. The Kier molecular flexibility index (Phi) is 9.31. The summed E-state index contributed by atoms with van der Waals surface area (Å²) in [5.41, 5.74) is 4.07. The van der Waals surface area contributed by atoms with Crippen molar-refractivity contribution in [1.82, 2.24) is 14.5 Å². The smallest absolute Gasteiger partial charge is 0.315 e. The normalized spacial score (nSPS) is 12.2. The Labute approximate surface area is 242 Å². The van der Waals surface area contributed by atoms with Gasteiger partial charge in [0.15, 0.2) is 0 Å². The molecule has 1 aromatic heterocycles. The van der Waals surface area contributed by atoms with Crippen LogP contribution in [0.5, 0.6) is 0 Å². The molecule has 1 N–H and O–H groups in total. The summed E-state index contributed by atoms with van der Waals surface area (Å²) in [6.45, 7) is 13.1. The molecule has 0 saturated heterocycles. The van der Waals surface area contributed by atoms with Gasteiger partial charge in [0.25, 0.3) is 5.56 Å². The van der Waals surface area contributed by atoms with E-state index < -0.39 is 6.04 Å². The Hall–Kier alpha value is -3.64. The van der Waals surface area contributed by atoms with Gasteiger partial charge in [-0.3, -0.25) is 9.36 Å². The second-order valence-electron chi connectivity index (χ2n) is 10.9. The molecule has 0 saturated carbocycles. The lowest BCUT2D eigenvalue weighted by molar-refractivity contribution is 0.188. The quantitative estimate of drug-likeness (QED) is 0.223. The van der Waals surface area contributed by atoms with Crippen LogP contribution in [0.2, 0.25) is 5.02 Å². The van der Waals surface area contributed by atoms with Gasteiger partial charge in [0.1, 0.15) is 5.82 Å². The Bertz CT molecular complexity index is 1530. The zero-order valence-corrected chi connectivity index (χ0v) is 25.0. The number of anilines is 1. The largest absolute Gasteiger partial charge is 0.322 e. The molecular weight excluding hydrogens is 520 g/mol. The number of carbonyl (C=O) groups is 1.